The van der Waals surface area contributed by atoms with Gasteiger partial charge in [-0.2, -0.15) is 5.26 Å². The quantitative estimate of drug-likeness (QED) is 0.826. The lowest BCUT2D eigenvalue weighted by Crippen LogP contribution is -2.22. The zero-order valence-electron chi connectivity index (χ0n) is 13.4. The van der Waals surface area contributed by atoms with Crippen molar-refractivity contribution in [2.24, 2.45) is 0 Å². The highest BCUT2D eigenvalue weighted by molar-refractivity contribution is 5.94. The summed E-state index contributed by atoms with van der Waals surface area (Å²) >= 11 is 0. The number of ether oxygens (including phenoxy) is 1. The molecule has 0 heterocycles. The van der Waals surface area contributed by atoms with Crippen molar-refractivity contribution in [3.05, 3.63) is 59.2 Å². The zero-order chi connectivity index (χ0) is 17.5. The maximum atomic E-state index is 12.0. The van der Waals surface area contributed by atoms with E-state index in [9.17, 15) is 9.59 Å². The van der Waals surface area contributed by atoms with E-state index in [1.807, 2.05) is 13.0 Å². The molecule has 2 rings (SSSR count). The molecular weight excluding hydrogens is 306 g/mol. The number of amides is 1. The highest BCUT2D eigenvalue weighted by Gasteiger charge is 2.09. The molecule has 2 N–H and O–H groups in total. The number of aryl methyl sites for hydroxylation is 1. The topological polar surface area (TPSA) is 91.2 Å². The fourth-order valence-corrected chi connectivity index (χ4v) is 2.07. The summed E-state index contributed by atoms with van der Waals surface area (Å²) in [6.07, 6.45) is 0. The molecule has 6 heteroatoms. The van der Waals surface area contributed by atoms with Crippen LogP contribution < -0.4 is 10.6 Å². The Morgan fingerprint density at radius 1 is 1.17 bits per heavy atom. The van der Waals surface area contributed by atoms with Crippen molar-refractivity contribution in [2.45, 2.75) is 6.92 Å². The number of carbonyl (C=O) groups excluding carboxylic acids is 2. The molecule has 0 atom stereocenters. The van der Waals surface area contributed by atoms with Gasteiger partial charge in [-0.25, -0.2) is 4.79 Å². The molecule has 0 aromatic heterocycles. The van der Waals surface area contributed by atoms with E-state index in [0.29, 0.717) is 22.5 Å². The van der Waals surface area contributed by atoms with Gasteiger partial charge < -0.3 is 15.4 Å². The van der Waals surface area contributed by atoms with Gasteiger partial charge in [-0.15, -0.1) is 0 Å². The number of nitrogens with zero attached hydrogens (tertiary/aromatic N) is 1. The number of anilines is 2. The van der Waals surface area contributed by atoms with Crippen LogP contribution in [0.15, 0.2) is 42.5 Å². The Labute approximate surface area is 140 Å². The summed E-state index contributed by atoms with van der Waals surface area (Å²) in [5.41, 5.74) is 3.15. The molecule has 0 spiro atoms. The Bertz CT molecular complexity index is 792. The lowest BCUT2D eigenvalue weighted by atomic mass is 10.1. The first-order chi connectivity index (χ1) is 11.5. The smallest absolute Gasteiger partial charge is 0.337 e. The molecule has 2 aromatic carbocycles. The third-order valence-corrected chi connectivity index (χ3v) is 3.40. The van der Waals surface area contributed by atoms with Crippen molar-refractivity contribution in [1.29, 1.82) is 5.26 Å². The molecular formula is C18H17N3O3. The van der Waals surface area contributed by atoms with Gasteiger partial charge in [-0.1, -0.05) is 6.07 Å². The predicted octanol–water partition coefficient (Wildman–Crippen LogP) is 2.70. The van der Waals surface area contributed by atoms with Crippen molar-refractivity contribution < 1.29 is 14.3 Å². The number of methoxy groups -OCH3 is 1. The fourth-order valence-electron chi connectivity index (χ4n) is 2.07. The van der Waals surface area contributed by atoms with Gasteiger partial charge in [0, 0.05) is 11.4 Å². The number of rotatable bonds is 5. The first-order valence-electron chi connectivity index (χ1n) is 7.26. The first-order valence-corrected chi connectivity index (χ1v) is 7.26. The number of nitrogens with one attached hydrogen (secondary N) is 2. The van der Waals surface area contributed by atoms with Gasteiger partial charge in [-0.3, -0.25) is 4.79 Å². The molecule has 0 bridgehead atoms. The summed E-state index contributed by atoms with van der Waals surface area (Å²) < 4.78 is 4.69. The number of nitriles is 1. The number of esters is 1. The van der Waals surface area contributed by atoms with E-state index < -0.39 is 5.97 Å². The normalized spacial score (nSPS) is 9.71. The Morgan fingerprint density at radius 3 is 2.50 bits per heavy atom. The molecule has 2 aromatic rings. The van der Waals surface area contributed by atoms with E-state index in [1.54, 1.807) is 42.5 Å². The second kappa shape index (κ2) is 7.79. The largest absolute Gasteiger partial charge is 0.465 e. The molecule has 0 aliphatic carbocycles. The number of hydrogen-bond acceptors (Lipinski definition) is 5. The van der Waals surface area contributed by atoms with Gasteiger partial charge in [0.2, 0.25) is 5.91 Å². The summed E-state index contributed by atoms with van der Waals surface area (Å²) in [6.45, 7) is 1.92. The van der Waals surface area contributed by atoms with Gasteiger partial charge in [0.15, 0.2) is 0 Å². The summed E-state index contributed by atoms with van der Waals surface area (Å²) in [4.78, 5) is 23.6. The maximum absolute atomic E-state index is 12.0. The minimum atomic E-state index is -0.430. The molecule has 0 unspecified atom stereocenters. The van der Waals surface area contributed by atoms with E-state index in [1.165, 1.54) is 7.11 Å². The molecule has 0 aliphatic heterocycles. The third-order valence-electron chi connectivity index (χ3n) is 3.40. The molecule has 1 amide bonds. The van der Waals surface area contributed by atoms with Crippen molar-refractivity contribution in [1.82, 2.24) is 0 Å². The Balaban J connectivity index is 1.98. The van der Waals surface area contributed by atoms with Crippen molar-refractivity contribution in [3.63, 3.8) is 0 Å². The summed E-state index contributed by atoms with van der Waals surface area (Å²) in [6, 6.07) is 13.7. The van der Waals surface area contributed by atoms with Gasteiger partial charge in [-0.05, 0) is 48.9 Å². The van der Waals surface area contributed by atoms with E-state index in [0.717, 1.165) is 5.56 Å². The number of benzene rings is 2. The van der Waals surface area contributed by atoms with Crippen LogP contribution in [-0.4, -0.2) is 25.5 Å². The van der Waals surface area contributed by atoms with Crippen molar-refractivity contribution >= 4 is 23.3 Å². The summed E-state index contributed by atoms with van der Waals surface area (Å²) in [7, 11) is 1.32. The molecule has 6 nitrogen and oxygen atoms in total. The number of hydrogen-bond donors (Lipinski definition) is 2. The maximum Gasteiger partial charge on any atom is 0.337 e. The Kier molecular flexibility index (Phi) is 5.53. The SMILES string of the molecule is COC(=O)c1ccc(C)c(NCC(=O)Nc2ccc(C#N)cc2)c1. The van der Waals surface area contributed by atoms with Crippen LogP contribution in [0.3, 0.4) is 0 Å². The van der Waals surface area contributed by atoms with Crippen molar-refractivity contribution in [2.75, 3.05) is 24.3 Å². The minimum Gasteiger partial charge on any atom is -0.465 e. The molecule has 0 saturated carbocycles. The van der Waals surface area contributed by atoms with E-state index in [2.05, 4.69) is 15.4 Å². The van der Waals surface area contributed by atoms with E-state index >= 15 is 0 Å². The fraction of sp³-hybridized carbons (Fsp3) is 0.167. The highest BCUT2D eigenvalue weighted by Crippen LogP contribution is 2.17. The van der Waals surface area contributed by atoms with E-state index in [-0.39, 0.29) is 12.5 Å². The number of carbonyl (C=O) groups is 2. The van der Waals surface area contributed by atoms with Gasteiger partial charge >= 0.3 is 5.97 Å². The van der Waals surface area contributed by atoms with Gasteiger partial charge in [0.25, 0.3) is 0 Å². The monoisotopic (exact) mass is 323 g/mol. The molecule has 0 aliphatic rings. The van der Waals surface area contributed by atoms with Gasteiger partial charge in [0.05, 0.1) is 30.9 Å². The van der Waals surface area contributed by atoms with Crippen LogP contribution >= 0.6 is 0 Å². The second-order valence-corrected chi connectivity index (χ2v) is 5.11. The van der Waals surface area contributed by atoms with Crippen molar-refractivity contribution in [3.8, 4) is 6.07 Å². The summed E-state index contributed by atoms with van der Waals surface area (Å²) in [5, 5.41) is 14.5. The molecule has 24 heavy (non-hydrogen) atoms. The lowest BCUT2D eigenvalue weighted by molar-refractivity contribution is -0.114. The molecule has 0 radical (unpaired) electrons. The van der Waals surface area contributed by atoms with Crippen LogP contribution in [-0.2, 0) is 9.53 Å². The average Bonchev–Trinajstić information content (AvgIpc) is 2.61. The Hall–Kier alpha value is -3.33. The highest BCUT2D eigenvalue weighted by atomic mass is 16.5. The van der Waals surface area contributed by atoms with Crippen LogP contribution in [0.1, 0.15) is 21.5 Å². The zero-order valence-corrected chi connectivity index (χ0v) is 13.4. The summed E-state index contributed by atoms with van der Waals surface area (Å²) in [5.74, 6) is -0.664. The standard InChI is InChI=1S/C18H17N3O3/c1-12-3-6-14(18(23)24-2)9-16(12)20-11-17(22)21-15-7-4-13(10-19)5-8-15/h3-9,20H,11H2,1-2H3,(H,21,22). The second-order valence-electron chi connectivity index (χ2n) is 5.11. The lowest BCUT2D eigenvalue weighted by Gasteiger charge is -2.11. The van der Waals surface area contributed by atoms with Crippen LogP contribution in [0, 0.1) is 18.3 Å². The molecule has 0 saturated heterocycles. The Morgan fingerprint density at radius 2 is 1.88 bits per heavy atom. The first kappa shape index (κ1) is 17.0. The van der Waals surface area contributed by atoms with Gasteiger partial charge in [0.1, 0.15) is 0 Å². The van der Waals surface area contributed by atoms with E-state index in [4.69, 9.17) is 5.26 Å². The van der Waals surface area contributed by atoms with Crippen LogP contribution in [0.25, 0.3) is 0 Å². The third kappa shape index (κ3) is 4.34. The van der Waals surface area contributed by atoms with Crippen LogP contribution in [0.2, 0.25) is 0 Å². The predicted molar refractivity (Wildman–Crippen MR) is 90.8 cm³/mol. The average molecular weight is 323 g/mol. The molecule has 0 fully saturated rings. The molecule has 122 valence electrons. The minimum absolute atomic E-state index is 0.0471. The van der Waals surface area contributed by atoms with Crippen LogP contribution in [0.5, 0.6) is 0 Å². The van der Waals surface area contributed by atoms with Crippen LogP contribution in [0.4, 0.5) is 11.4 Å².